The number of hydrogen-bond acceptors (Lipinski definition) is 1. The van der Waals surface area contributed by atoms with Gasteiger partial charge in [0.15, 0.2) is 0 Å². The largest absolute Gasteiger partial charge is 0.323 e. The minimum atomic E-state index is 0. The molecular formula is C23H22N2Zn. The topological polar surface area (TPSA) is 17.8 Å². The van der Waals surface area contributed by atoms with E-state index in [0.717, 1.165) is 30.7 Å². The van der Waals surface area contributed by atoms with Crippen molar-refractivity contribution in [2.45, 2.75) is 26.3 Å². The maximum atomic E-state index is 4.99. The minimum Gasteiger partial charge on any atom is -0.323 e. The first-order valence-electron chi connectivity index (χ1n) is 8.90. The molecule has 1 heterocycles. The SMILES string of the molecule is CCc1nc2c(Cc3ccccc3)cccc2n1Cc1ccccc1.[Zn]. The number of para-hydroxylation sites is 1. The first kappa shape index (κ1) is 18.5. The summed E-state index contributed by atoms with van der Waals surface area (Å²) in [6.45, 7) is 3.05. The fourth-order valence-electron chi connectivity index (χ4n) is 3.42. The molecule has 0 aliphatic heterocycles. The van der Waals surface area contributed by atoms with Crippen molar-refractivity contribution in [1.82, 2.24) is 9.55 Å². The molecule has 0 fully saturated rings. The third-order valence-electron chi connectivity index (χ3n) is 4.68. The van der Waals surface area contributed by atoms with Crippen LogP contribution in [0.15, 0.2) is 78.9 Å². The van der Waals surface area contributed by atoms with Gasteiger partial charge in [-0.1, -0.05) is 79.7 Å². The number of rotatable bonds is 5. The first-order valence-corrected chi connectivity index (χ1v) is 8.90. The van der Waals surface area contributed by atoms with E-state index in [4.69, 9.17) is 4.98 Å². The minimum absolute atomic E-state index is 0. The third kappa shape index (κ3) is 3.78. The van der Waals surface area contributed by atoms with Gasteiger partial charge in [-0.25, -0.2) is 4.98 Å². The first-order chi connectivity index (χ1) is 12.3. The Morgan fingerprint density at radius 3 is 2.08 bits per heavy atom. The Morgan fingerprint density at radius 2 is 1.42 bits per heavy atom. The number of aryl methyl sites for hydroxylation is 1. The Hall–Kier alpha value is -2.25. The molecule has 4 aromatic rings. The molecule has 0 saturated heterocycles. The van der Waals surface area contributed by atoms with Crippen molar-refractivity contribution in [3.05, 3.63) is 101 Å². The van der Waals surface area contributed by atoms with Gasteiger partial charge in [-0.2, -0.15) is 0 Å². The molecule has 126 valence electrons. The van der Waals surface area contributed by atoms with Crippen LogP contribution in [0.25, 0.3) is 11.0 Å². The van der Waals surface area contributed by atoms with Crippen LogP contribution in [0, 0.1) is 0 Å². The Kier molecular flexibility index (Phi) is 6.01. The molecular weight excluding hydrogens is 370 g/mol. The molecule has 0 N–H and O–H groups in total. The van der Waals surface area contributed by atoms with Crippen molar-refractivity contribution in [2.24, 2.45) is 0 Å². The summed E-state index contributed by atoms with van der Waals surface area (Å²) in [5.74, 6) is 1.15. The molecule has 0 unspecified atom stereocenters. The summed E-state index contributed by atoms with van der Waals surface area (Å²) >= 11 is 0. The van der Waals surface area contributed by atoms with E-state index < -0.39 is 0 Å². The van der Waals surface area contributed by atoms with E-state index in [-0.39, 0.29) is 19.5 Å². The van der Waals surface area contributed by atoms with Gasteiger partial charge in [-0.15, -0.1) is 0 Å². The van der Waals surface area contributed by atoms with Crippen molar-refractivity contribution < 1.29 is 19.5 Å². The molecule has 26 heavy (non-hydrogen) atoms. The fraction of sp³-hybridized carbons (Fsp3) is 0.174. The van der Waals surface area contributed by atoms with Crippen LogP contribution < -0.4 is 0 Å². The molecule has 3 heteroatoms. The van der Waals surface area contributed by atoms with Gasteiger partial charge in [0.25, 0.3) is 0 Å². The van der Waals surface area contributed by atoms with Crippen molar-refractivity contribution in [2.75, 3.05) is 0 Å². The molecule has 0 spiro atoms. The molecule has 2 nitrogen and oxygen atoms in total. The van der Waals surface area contributed by atoms with Crippen LogP contribution >= 0.6 is 0 Å². The average molecular weight is 392 g/mol. The second-order valence-electron chi connectivity index (χ2n) is 6.40. The third-order valence-corrected chi connectivity index (χ3v) is 4.68. The predicted molar refractivity (Wildman–Crippen MR) is 104 cm³/mol. The summed E-state index contributed by atoms with van der Waals surface area (Å²) in [6.07, 6.45) is 1.86. The number of imidazole rings is 1. The van der Waals surface area contributed by atoms with Crippen molar-refractivity contribution in [3.8, 4) is 0 Å². The molecule has 0 radical (unpaired) electrons. The summed E-state index contributed by atoms with van der Waals surface area (Å²) in [5, 5.41) is 0. The number of nitrogens with zero attached hydrogens (tertiary/aromatic N) is 2. The van der Waals surface area contributed by atoms with Gasteiger partial charge in [0, 0.05) is 32.4 Å². The monoisotopic (exact) mass is 390 g/mol. The van der Waals surface area contributed by atoms with Gasteiger partial charge in [0.05, 0.1) is 11.0 Å². The van der Waals surface area contributed by atoms with Crippen molar-refractivity contribution >= 4 is 11.0 Å². The summed E-state index contributed by atoms with van der Waals surface area (Å²) in [5.41, 5.74) is 6.30. The molecule has 0 aliphatic rings. The Labute approximate surface area is 167 Å². The number of fused-ring (bicyclic) bond motifs is 1. The van der Waals surface area contributed by atoms with Gasteiger partial charge in [0.1, 0.15) is 5.82 Å². The van der Waals surface area contributed by atoms with Crippen LogP contribution in [0.5, 0.6) is 0 Å². The summed E-state index contributed by atoms with van der Waals surface area (Å²) in [6, 6.07) is 27.8. The summed E-state index contributed by atoms with van der Waals surface area (Å²) < 4.78 is 2.36. The van der Waals surface area contributed by atoms with E-state index in [9.17, 15) is 0 Å². The second-order valence-corrected chi connectivity index (χ2v) is 6.40. The second kappa shape index (κ2) is 8.42. The zero-order chi connectivity index (χ0) is 17.1. The Bertz CT molecular complexity index is 975. The molecule has 0 atom stereocenters. The molecule has 0 amide bonds. The van der Waals surface area contributed by atoms with Gasteiger partial charge in [0.2, 0.25) is 0 Å². The molecule has 0 aliphatic carbocycles. The Morgan fingerprint density at radius 1 is 0.769 bits per heavy atom. The zero-order valence-electron chi connectivity index (χ0n) is 15.2. The van der Waals surface area contributed by atoms with E-state index in [2.05, 4.69) is 90.4 Å². The van der Waals surface area contributed by atoms with E-state index >= 15 is 0 Å². The van der Waals surface area contributed by atoms with Crippen LogP contribution in [0.3, 0.4) is 0 Å². The summed E-state index contributed by atoms with van der Waals surface area (Å²) in [7, 11) is 0. The van der Waals surface area contributed by atoms with E-state index in [1.165, 1.54) is 22.2 Å². The maximum Gasteiger partial charge on any atom is 0.109 e. The van der Waals surface area contributed by atoms with Gasteiger partial charge < -0.3 is 4.57 Å². The zero-order valence-corrected chi connectivity index (χ0v) is 18.2. The number of benzene rings is 3. The molecule has 3 aromatic carbocycles. The van der Waals surface area contributed by atoms with Gasteiger partial charge in [-0.3, -0.25) is 0 Å². The standard InChI is InChI=1S/C23H22N2.Zn/c1-2-22-24-23-20(16-18-10-5-3-6-11-18)14-9-15-21(23)25(22)17-19-12-7-4-8-13-19;/h3-15H,2,16-17H2,1H3;. The molecule has 1 aromatic heterocycles. The fourth-order valence-corrected chi connectivity index (χ4v) is 3.42. The predicted octanol–water partition coefficient (Wildman–Crippen LogP) is 5.24. The van der Waals surface area contributed by atoms with Crippen LogP contribution in [0.1, 0.15) is 29.4 Å². The average Bonchev–Trinajstić information content (AvgIpc) is 3.02. The van der Waals surface area contributed by atoms with Crippen molar-refractivity contribution in [1.29, 1.82) is 0 Å². The smallest absolute Gasteiger partial charge is 0.109 e. The molecule has 4 rings (SSSR count). The van der Waals surface area contributed by atoms with Crippen LogP contribution in [-0.4, -0.2) is 9.55 Å². The molecule has 0 saturated carbocycles. The van der Waals surface area contributed by atoms with Gasteiger partial charge >= 0.3 is 0 Å². The van der Waals surface area contributed by atoms with Crippen molar-refractivity contribution in [3.63, 3.8) is 0 Å². The van der Waals surface area contributed by atoms with E-state index in [1.807, 2.05) is 0 Å². The van der Waals surface area contributed by atoms with Gasteiger partial charge in [-0.05, 0) is 29.2 Å². The van der Waals surface area contributed by atoms with E-state index in [1.54, 1.807) is 0 Å². The van der Waals surface area contributed by atoms with Crippen LogP contribution in [-0.2, 0) is 38.9 Å². The van der Waals surface area contributed by atoms with Crippen LogP contribution in [0.2, 0.25) is 0 Å². The number of aromatic nitrogens is 2. The Balaban J connectivity index is 0.00000196. The quantitative estimate of drug-likeness (QED) is 0.426. The normalized spacial score (nSPS) is 10.7. The molecule has 0 bridgehead atoms. The van der Waals surface area contributed by atoms with Crippen LogP contribution in [0.4, 0.5) is 0 Å². The maximum absolute atomic E-state index is 4.99. The van der Waals surface area contributed by atoms with E-state index in [0.29, 0.717) is 0 Å². The summed E-state index contributed by atoms with van der Waals surface area (Å²) in [4.78, 5) is 4.99. The number of hydrogen-bond donors (Lipinski definition) is 0.